The van der Waals surface area contributed by atoms with E-state index < -0.39 is 0 Å². The molecule has 0 spiro atoms. The predicted octanol–water partition coefficient (Wildman–Crippen LogP) is 2.40. The van der Waals surface area contributed by atoms with Crippen molar-refractivity contribution in [3.8, 4) is 0 Å². The first-order valence-corrected chi connectivity index (χ1v) is 4.72. The van der Waals surface area contributed by atoms with Gasteiger partial charge >= 0.3 is 0 Å². The highest BCUT2D eigenvalue weighted by Gasteiger charge is 2.14. The van der Waals surface area contributed by atoms with E-state index in [0.29, 0.717) is 5.92 Å². The number of allylic oxidation sites excluding steroid dienone is 4. The fourth-order valence-electron chi connectivity index (χ4n) is 1.44. The first-order valence-electron chi connectivity index (χ1n) is 4.72. The summed E-state index contributed by atoms with van der Waals surface area (Å²) in [5, 5.41) is 0. The predicted molar refractivity (Wildman–Crippen MR) is 51.0 cm³/mol. The number of hydrogen-bond donors (Lipinski definition) is 0. The van der Waals surface area contributed by atoms with Gasteiger partial charge in [-0.25, -0.2) is 0 Å². The zero-order valence-corrected chi connectivity index (χ0v) is 7.82. The minimum absolute atomic E-state index is 0.422. The summed E-state index contributed by atoms with van der Waals surface area (Å²) in [6.45, 7) is 3.65. The molecule has 0 bridgehead atoms. The Morgan fingerprint density at radius 3 is 2.85 bits per heavy atom. The van der Waals surface area contributed by atoms with Crippen LogP contribution in [0.1, 0.15) is 13.3 Å². The fourth-order valence-corrected chi connectivity index (χ4v) is 1.44. The van der Waals surface area contributed by atoms with Gasteiger partial charge in [0, 0.05) is 6.42 Å². The van der Waals surface area contributed by atoms with Gasteiger partial charge in [0.1, 0.15) is 0 Å². The minimum Gasteiger partial charge on any atom is -0.490 e. The molecule has 1 saturated heterocycles. The summed E-state index contributed by atoms with van der Waals surface area (Å²) in [6.07, 6.45) is 9.19. The van der Waals surface area contributed by atoms with Gasteiger partial charge in [0.25, 0.3) is 0 Å². The third-order valence-electron chi connectivity index (χ3n) is 2.12. The molecular formula is C11H14O2. The van der Waals surface area contributed by atoms with Crippen LogP contribution in [0.15, 0.2) is 35.8 Å². The summed E-state index contributed by atoms with van der Waals surface area (Å²) in [5.41, 5.74) is 0. The molecule has 0 radical (unpaired) electrons. The molecular weight excluding hydrogens is 164 g/mol. The molecule has 0 aromatic heterocycles. The third-order valence-corrected chi connectivity index (χ3v) is 2.12. The molecule has 0 aromatic carbocycles. The maximum absolute atomic E-state index is 5.59. The zero-order chi connectivity index (χ0) is 9.10. The Bertz CT molecular complexity index is 274. The van der Waals surface area contributed by atoms with Crippen molar-refractivity contribution >= 4 is 0 Å². The molecule has 2 aliphatic rings. The highest BCUT2D eigenvalue weighted by molar-refractivity contribution is 5.29. The topological polar surface area (TPSA) is 18.5 Å². The number of ether oxygens (including phenoxy) is 2. The second kappa shape index (κ2) is 3.69. The molecule has 0 aromatic rings. The molecule has 70 valence electrons. The van der Waals surface area contributed by atoms with Gasteiger partial charge in [0.15, 0.2) is 11.5 Å². The second-order valence-corrected chi connectivity index (χ2v) is 3.36. The molecule has 1 unspecified atom stereocenters. The maximum atomic E-state index is 5.59. The van der Waals surface area contributed by atoms with Crippen LogP contribution in [0, 0.1) is 5.92 Å². The summed E-state index contributed by atoms with van der Waals surface area (Å²) >= 11 is 0. The quantitative estimate of drug-likeness (QED) is 0.567. The van der Waals surface area contributed by atoms with E-state index in [-0.39, 0.29) is 0 Å². The highest BCUT2D eigenvalue weighted by atomic mass is 16.5. The van der Waals surface area contributed by atoms with Crippen LogP contribution in [0.3, 0.4) is 0 Å². The van der Waals surface area contributed by atoms with Crippen molar-refractivity contribution in [1.29, 1.82) is 0 Å². The Morgan fingerprint density at radius 1 is 1.23 bits per heavy atom. The Hall–Kier alpha value is -1.18. The van der Waals surface area contributed by atoms with Crippen molar-refractivity contribution in [3.05, 3.63) is 35.8 Å². The smallest absolute Gasteiger partial charge is 0.160 e. The molecule has 2 rings (SSSR count). The van der Waals surface area contributed by atoms with Crippen LogP contribution in [-0.2, 0) is 9.47 Å². The fraction of sp³-hybridized carbons (Fsp3) is 0.455. The summed E-state index contributed by atoms with van der Waals surface area (Å²) < 4.78 is 11.1. The SMILES string of the molecule is CC1C=CC=C2OCCCOC2=C1. The largest absolute Gasteiger partial charge is 0.490 e. The number of rotatable bonds is 0. The van der Waals surface area contributed by atoms with E-state index in [0.717, 1.165) is 31.2 Å². The van der Waals surface area contributed by atoms with Gasteiger partial charge in [-0.05, 0) is 18.1 Å². The Labute approximate surface area is 78.5 Å². The molecule has 0 saturated carbocycles. The molecule has 0 amide bonds. The molecule has 1 atom stereocenters. The molecule has 2 heteroatoms. The van der Waals surface area contributed by atoms with Gasteiger partial charge < -0.3 is 9.47 Å². The van der Waals surface area contributed by atoms with E-state index in [1.54, 1.807) is 0 Å². The lowest BCUT2D eigenvalue weighted by Crippen LogP contribution is -1.96. The Balaban J connectivity index is 2.26. The highest BCUT2D eigenvalue weighted by Crippen LogP contribution is 2.22. The first kappa shape index (κ1) is 8.42. The maximum Gasteiger partial charge on any atom is 0.160 e. The number of hydrogen-bond acceptors (Lipinski definition) is 2. The van der Waals surface area contributed by atoms with Crippen LogP contribution < -0.4 is 0 Å². The molecule has 2 nitrogen and oxygen atoms in total. The van der Waals surface area contributed by atoms with Crippen molar-refractivity contribution in [2.45, 2.75) is 13.3 Å². The first-order chi connectivity index (χ1) is 6.36. The zero-order valence-electron chi connectivity index (χ0n) is 7.82. The van der Waals surface area contributed by atoms with Gasteiger partial charge in [-0.1, -0.05) is 19.1 Å². The lowest BCUT2D eigenvalue weighted by atomic mass is 10.1. The second-order valence-electron chi connectivity index (χ2n) is 3.36. The van der Waals surface area contributed by atoms with Gasteiger partial charge in [-0.3, -0.25) is 0 Å². The van der Waals surface area contributed by atoms with Gasteiger partial charge in [-0.15, -0.1) is 0 Å². The lowest BCUT2D eigenvalue weighted by Gasteiger charge is -2.08. The van der Waals surface area contributed by atoms with Crippen molar-refractivity contribution < 1.29 is 9.47 Å². The Kier molecular flexibility index (Phi) is 2.39. The summed E-state index contributed by atoms with van der Waals surface area (Å²) in [7, 11) is 0. The molecule has 13 heavy (non-hydrogen) atoms. The van der Waals surface area contributed by atoms with Crippen LogP contribution in [0.5, 0.6) is 0 Å². The molecule has 1 fully saturated rings. The van der Waals surface area contributed by atoms with Crippen LogP contribution in [-0.4, -0.2) is 13.2 Å². The van der Waals surface area contributed by atoms with Crippen molar-refractivity contribution in [2.24, 2.45) is 5.92 Å². The molecule has 1 aliphatic carbocycles. The van der Waals surface area contributed by atoms with Gasteiger partial charge in [0.05, 0.1) is 13.2 Å². The number of fused-ring (bicyclic) bond motifs is 1. The lowest BCUT2D eigenvalue weighted by molar-refractivity contribution is 0.219. The van der Waals surface area contributed by atoms with Crippen molar-refractivity contribution in [1.82, 2.24) is 0 Å². The van der Waals surface area contributed by atoms with Crippen LogP contribution in [0.25, 0.3) is 0 Å². The van der Waals surface area contributed by atoms with Gasteiger partial charge in [0.2, 0.25) is 0 Å². The summed E-state index contributed by atoms with van der Waals surface area (Å²) in [4.78, 5) is 0. The van der Waals surface area contributed by atoms with Crippen LogP contribution in [0.2, 0.25) is 0 Å². The van der Waals surface area contributed by atoms with Crippen LogP contribution in [0.4, 0.5) is 0 Å². The minimum atomic E-state index is 0.422. The van der Waals surface area contributed by atoms with E-state index in [1.165, 1.54) is 0 Å². The van der Waals surface area contributed by atoms with E-state index in [1.807, 2.05) is 12.2 Å². The van der Waals surface area contributed by atoms with E-state index in [4.69, 9.17) is 9.47 Å². The molecule has 0 N–H and O–H groups in total. The van der Waals surface area contributed by atoms with E-state index in [9.17, 15) is 0 Å². The normalized spacial score (nSPS) is 27.0. The Morgan fingerprint density at radius 2 is 2.00 bits per heavy atom. The van der Waals surface area contributed by atoms with Crippen LogP contribution >= 0.6 is 0 Å². The summed E-state index contributed by atoms with van der Waals surface area (Å²) in [6, 6.07) is 0. The average molecular weight is 178 g/mol. The molecule has 1 aliphatic heterocycles. The monoisotopic (exact) mass is 178 g/mol. The average Bonchev–Trinajstić information content (AvgIpc) is 2.38. The van der Waals surface area contributed by atoms with Crippen molar-refractivity contribution in [3.63, 3.8) is 0 Å². The summed E-state index contributed by atoms with van der Waals surface area (Å²) in [5.74, 6) is 2.19. The third kappa shape index (κ3) is 1.94. The van der Waals surface area contributed by atoms with E-state index in [2.05, 4.69) is 19.1 Å². The standard InChI is InChI=1S/C11H14O2/c1-9-4-2-5-10-11(8-9)13-7-3-6-12-10/h2,4-5,8-9H,3,6-7H2,1H3. The van der Waals surface area contributed by atoms with E-state index >= 15 is 0 Å². The molecule has 1 heterocycles. The van der Waals surface area contributed by atoms with Gasteiger partial charge in [-0.2, -0.15) is 0 Å². The van der Waals surface area contributed by atoms with Crippen molar-refractivity contribution in [2.75, 3.05) is 13.2 Å².